The monoisotopic (exact) mass is 309 g/mol. The maximum Gasteiger partial charge on any atom is 0.119 e. The number of hydrogen-bond acceptors (Lipinski definition) is 0. The van der Waals surface area contributed by atoms with E-state index in [0.29, 0.717) is 0 Å². The third-order valence-electron chi connectivity index (χ3n) is 4.28. The van der Waals surface area contributed by atoms with E-state index in [2.05, 4.69) is 96.6 Å². The third kappa shape index (κ3) is 3.52. The number of rotatable bonds is 2. The fraction of sp³-hybridized carbons (Fsp3) is 0.429. The van der Waals surface area contributed by atoms with Gasteiger partial charge in [-0.25, -0.2) is 0 Å². The minimum atomic E-state index is -0.769. The SMILES string of the molecule is C[Si](c1ccccc1C(C)(C)C)c1ccccc1C(C)(C)C. The van der Waals surface area contributed by atoms with Gasteiger partial charge >= 0.3 is 0 Å². The van der Waals surface area contributed by atoms with Gasteiger partial charge in [0.1, 0.15) is 8.80 Å². The van der Waals surface area contributed by atoms with Crippen molar-refractivity contribution in [3.8, 4) is 0 Å². The Hall–Kier alpha value is -1.34. The van der Waals surface area contributed by atoms with Crippen LogP contribution >= 0.6 is 0 Å². The second kappa shape index (κ2) is 6.04. The van der Waals surface area contributed by atoms with Gasteiger partial charge in [-0.1, -0.05) is 107 Å². The summed E-state index contributed by atoms with van der Waals surface area (Å²) in [6.07, 6.45) is 0. The van der Waals surface area contributed by atoms with Crippen LogP contribution in [0.5, 0.6) is 0 Å². The Bertz CT molecular complexity index is 584. The molecule has 22 heavy (non-hydrogen) atoms. The maximum atomic E-state index is 2.44. The predicted molar refractivity (Wildman–Crippen MR) is 101 cm³/mol. The highest BCUT2D eigenvalue weighted by atomic mass is 28.3. The Morgan fingerprint density at radius 3 is 1.23 bits per heavy atom. The van der Waals surface area contributed by atoms with Crippen molar-refractivity contribution in [1.82, 2.24) is 0 Å². The zero-order valence-corrected chi connectivity index (χ0v) is 16.1. The van der Waals surface area contributed by atoms with Crippen molar-refractivity contribution < 1.29 is 0 Å². The molecule has 0 atom stereocenters. The maximum absolute atomic E-state index is 2.44. The van der Waals surface area contributed by atoms with Crippen molar-refractivity contribution in [2.45, 2.75) is 58.9 Å². The average Bonchev–Trinajstić information content (AvgIpc) is 2.45. The zero-order valence-electron chi connectivity index (χ0n) is 15.1. The first-order chi connectivity index (χ1) is 10.1. The summed E-state index contributed by atoms with van der Waals surface area (Å²) in [5.74, 6) is 0. The van der Waals surface area contributed by atoms with Gasteiger partial charge in [-0.05, 0) is 22.0 Å². The standard InChI is InChI=1S/C21H29Si/c1-20(2,3)16-12-8-10-14-18(16)22(7)19-15-11-9-13-17(19)21(4,5)6/h8-15H,1-7H3. The summed E-state index contributed by atoms with van der Waals surface area (Å²) in [4.78, 5) is 0. The lowest BCUT2D eigenvalue weighted by Gasteiger charge is -2.29. The van der Waals surface area contributed by atoms with Gasteiger partial charge in [0.2, 0.25) is 0 Å². The molecule has 117 valence electrons. The smallest absolute Gasteiger partial charge is 0.0628 e. The molecule has 1 heteroatoms. The van der Waals surface area contributed by atoms with Crippen LogP contribution in [0, 0.1) is 0 Å². The molecule has 0 fully saturated rings. The van der Waals surface area contributed by atoms with Crippen molar-refractivity contribution in [1.29, 1.82) is 0 Å². The summed E-state index contributed by atoms with van der Waals surface area (Å²) in [6.45, 7) is 16.3. The van der Waals surface area contributed by atoms with Crippen molar-refractivity contribution >= 4 is 19.2 Å². The van der Waals surface area contributed by atoms with Gasteiger partial charge in [-0.2, -0.15) is 0 Å². The van der Waals surface area contributed by atoms with E-state index >= 15 is 0 Å². The Morgan fingerprint density at radius 2 is 0.909 bits per heavy atom. The first-order valence-corrected chi connectivity index (χ1v) is 10.2. The molecule has 0 aliphatic rings. The molecule has 1 radical (unpaired) electrons. The summed E-state index contributed by atoms with van der Waals surface area (Å²) >= 11 is 0. The summed E-state index contributed by atoms with van der Waals surface area (Å²) in [5, 5.41) is 3.11. The molecule has 0 aliphatic heterocycles. The average molecular weight is 310 g/mol. The second-order valence-corrected chi connectivity index (χ2v) is 10.5. The summed E-state index contributed by atoms with van der Waals surface area (Å²) in [7, 11) is -0.769. The first-order valence-electron chi connectivity index (χ1n) is 8.15. The van der Waals surface area contributed by atoms with E-state index in [-0.39, 0.29) is 10.8 Å². The van der Waals surface area contributed by atoms with Crippen molar-refractivity contribution in [3.63, 3.8) is 0 Å². The fourth-order valence-electron chi connectivity index (χ4n) is 3.07. The van der Waals surface area contributed by atoms with Crippen LogP contribution in [0.2, 0.25) is 6.55 Å². The molecule has 2 rings (SSSR count). The number of benzene rings is 2. The van der Waals surface area contributed by atoms with Gasteiger partial charge in [0, 0.05) is 0 Å². The van der Waals surface area contributed by atoms with Gasteiger partial charge in [-0.3, -0.25) is 0 Å². The molecule has 0 aromatic heterocycles. The Balaban J connectivity index is 2.58. The van der Waals surface area contributed by atoms with Crippen LogP contribution in [0.25, 0.3) is 0 Å². The molecular formula is C21H29Si. The molecule has 0 amide bonds. The van der Waals surface area contributed by atoms with E-state index in [1.807, 2.05) is 0 Å². The van der Waals surface area contributed by atoms with E-state index in [1.54, 1.807) is 10.4 Å². The summed E-state index contributed by atoms with van der Waals surface area (Å²) in [6, 6.07) is 18.0. The third-order valence-corrected chi connectivity index (χ3v) is 6.77. The lowest BCUT2D eigenvalue weighted by atomic mass is 9.87. The largest absolute Gasteiger partial charge is 0.119 e. The Labute approximate surface area is 138 Å². The molecule has 0 heterocycles. The molecule has 0 saturated heterocycles. The van der Waals surface area contributed by atoms with E-state index < -0.39 is 8.80 Å². The zero-order chi connectivity index (χ0) is 16.5. The molecule has 0 aliphatic carbocycles. The van der Waals surface area contributed by atoms with Gasteiger partial charge in [0.05, 0.1) is 0 Å². The van der Waals surface area contributed by atoms with Crippen LogP contribution in [-0.2, 0) is 10.8 Å². The highest BCUT2D eigenvalue weighted by molar-refractivity contribution is 6.84. The van der Waals surface area contributed by atoms with Crippen molar-refractivity contribution in [2.75, 3.05) is 0 Å². The topological polar surface area (TPSA) is 0 Å². The number of hydrogen-bond donors (Lipinski definition) is 0. The van der Waals surface area contributed by atoms with Crippen molar-refractivity contribution in [2.24, 2.45) is 0 Å². The minimum Gasteiger partial charge on any atom is -0.0628 e. The van der Waals surface area contributed by atoms with Crippen LogP contribution < -0.4 is 10.4 Å². The molecule has 0 bridgehead atoms. The van der Waals surface area contributed by atoms with Crippen LogP contribution in [-0.4, -0.2) is 8.80 Å². The van der Waals surface area contributed by atoms with E-state index in [9.17, 15) is 0 Å². The highest BCUT2D eigenvalue weighted by Gasteiger charge is 2.26. The van der Waals surface area contributed by atoms with Crippen molar-refractivity contribution in [3.05, 3.63) is 59.7 Å². The van der Waals surface area contributed by atoms with Crippen LogP contribution in [0.15, 0.2) is 48.5 Å². The predicted octanol–water partition coefficient (Wildman–Crippen LogP) is 4.52. The lowest BCUT2D eigenvalue weighted by molar-refractivity contribution is 0.593. The fourth-order valence-corrected chi connectivity index (χ4v) is 5.78. The summed E-state index contributed by atoms with van der Waals surface area (Å²) < 4.78 is 0. The molecule has 0 unspecified atom stereocenters. The molecule has 0 spiro atoms. The first kappa shape index (κ1) is 17.0. The molecule has 0 saturated carbocycles. The highest BCUT2D eigenvalue weighted by Crippen LogP contribution is 2.23. The van der Waals surface area contributed by atoms with E-state index in [1.165, 1.54) is 11.1 Å². The van der Waals surface area contributed by atoms with E-state index in [0.717, 1.165) is 0 Å². The molecule has 0 N–H and O–H groups in total. The Kier molecular flexibility index (Phi) is 4.67. The lowest BCUT2D eigenvalue weighted by Crippen LogP contribution is -2.46. The molecule has 2 aromatic rings. The summed E-state index contributed by atoms with van der Waals surface area (Å²) in [5.41, 5.74) is 3.38. The van der Waals surface area contributed by atoms with Crippen LogP contribution in [0.4, 0.5) is 0 Å². The second-order valence-electron chi connectivity index (χ2n) is 8.22. The van der Waals surface area contributed by atoms with Crippen LogP contribution in [0.1, 0.15) is 52.7 Å². The Morgan fingerprint density at radius 1 is 0.591 bits per heavy atom. The minimum absolute atomic E-state index is 0.194. The van der Waals surface area contributed by atoms with Gasteiger partial charge in [0.25, 0.3) is 0 Å². The van der Waals surface area contributed by atoms with Crippen LogP contribution in [0.3, 0.4) is 0 Å². The normalized spacial score (nSPS) is 12.7. The molecule has 0 nitrogen and oxygen atoms in total. The van der Waals surface area contributed by atoms with E-state index in [4.69, 9.17) is 0 Å². The van der Waals surface area contributed by atoms with Gasteiger partial charge < -0.3 is 0 Å². The van der Waals surface area contributed by atoms with Gasteiger partial charge in [-0.15, -0.1) is 0 Å². The molecule has 2 aromatic carbocycles. The quantitative estimate of drug-likeness (QED) is 0.716. The molecular weight excluding hydrogens is 280 g/mol. The van der Waals surface area contributed by atoms with Gasteiger partial charge in [0.15, 0.2) is 0 Å².